The molecule has 1 aliphatic heterocycles. The first-order valence-corrected chi connectivity index (χ1v) is 12.7. The number of rotatable bonds is 7. The number of hydrogen-bond acceptors (Lipinski definition) is 8. The second-order valence-corrected chi connectivity index (χ2v) is 9.75. The molecule has 0 spiro atoms. The summed E-state index contributed by atoms with van der Waals surface area (Å²) < 4.78 is 1.65. The first kappa shape index (κ1) is 25.0. The topological polar surface area (TPSA) is 135 Å². The lowest BCUT2D eigenvalue weighted by Crippen LogP contribution is -2.31. The van der Waals surface area contributed by atoms with Crippen molar-refractivity contribution in [2.24, 2.45) is 0 Å². The van der Waals surface area contributed by atoms with Crippen molar-refractivity contribution in [1.29, 1.82) is 0 Å². The molecule has 10 nitrogen and oxygen atoms in total. The number of allylic oxidation sites excluding steroid dienone is 1. The van der Waals surface area contributed by atoms with E-state index in [1.807, 2.05) is 44.2 Å². The predicted molar refractivity (Wildman–Crippen MR) is 145 cm³/mol. The van der Waals surface area contributed by atoms with Gasteiger partial charge in [0.05, 0.1) is 10.5 Å². The molecule has 1 amide bonds. The van der Waals surface area contributed by atoms with E-state index < -0.39 is 11.0 Å². The number of nitro groups is 1. The van der Waals surface area contributed by atoms with Gasteiger partial charge in [0.2, 0.25) is 11.1 Å². The smallest absolute Gasteiger partial charge is 0.269 e. The average Bonchev–Trinajstić information content (AvgIpc) is 3.30. The lowest BCUT2D eigenvalue weighted by molar-refractivity contribution is -0.384. The zero-order chi connectivity index (χ0) is 26.8. The van der Waals surface area contributed by atoms with Crippen LogP contribution in [0.4, 0.5) is 17.3 Å². The largest absolute Gasteiger partial charge is 0.508 e. The highest BCUT2D eigenvalue weighted by Gasteiger charge is 2.34. The van der Waals surface area contributed by atoms with Crippen molar-refractivity contribution in [2.45, 2.75) is 30.8 Å². The summed E-state index contributed by atoms with van der Waals surface area (Å²) >= 11 is 1.38. The van der Waals surface area contributed by atoms with Crippen LogP contribution in [-0.4, -0.2) is 30.7 Å². The van der Waals surface area contributed by atoms with Crippen molar-refractivity contribution in [3.8, 4) is 5.75 Å². The van der Waals surface area contributed by atoms with Crippen LogP contribution in [0.3, 0.4) is 0 Å². The lowest BCUT2D eigenvalue weighted by Gasteiger charge is -2.28. The van der Waals surface area contributed by atoms with Gasteiger partial charge in [-0.2, -0.15) is 4.98 Å². The second-order valence-electron chi connectivity index (χ2n) is 8.81. The molecule has 0 radical (unpaired) electrons. The average molecular weight is 529 g/mol. The highest BCUT2D eigenvalue weighted by atomic mass is 32.2. The predicted octanol–water partition coefficient (Wildman–Crippen LogP) is 5.42. The maximum Gasteiger partial charge on any atom is 0.269 e. The van der Waals surface area contributed by atoms with E-state index in [-0.39, 0.29) is 17.3 Å². The van der Waals surface area contributed by atoms with Crippen LogP contribution in [0.1, 0.15) is 29.7 Å². The molecule has 0 saturated heterocycles. The number of benzene rings is 3. The molecular formula is C27H24N6O4S. The molecule has 3 aromatic carbocycles. The highest BCUT2D eigenvalue weighted by Crippen LogP contribution is 2.38. The molecule has 0 fully saturated rings. The Balaban J connectivity index is 1.46. The summed E-state index contributed by atoms with van der Waals surface area (Å²) in [6, 6.07) is 20.0. The summed E-state index contributed by atoms with van der Waals surface area (Å²) in [5.41, 5.74) is 4.31. The Morgan fingerprint density at radius 3 is 2.61 bits per heavy atom. The quantitative estimate of drug-likeness (QED) is 0.164. The van der Waals surface area contributed by atoms with Crippen molar-refractivity contribution >= 4 is 35.0 Å². The molecule has 1 atom stereocenters. The molecule has 5 rings (SSSR count). The number of carbonyl (C=O) groups is 1. The van der Waals surface area contributed by atoms with Crippen molar-refractivity contribution < 1.29 is 14.8 Å². The number of nitro benzene ring substituents is 1. The molecule has 11 heteroatoms. The SMILES string of the molecule is CC1=C(C(=O)Nc2ccccc2C)C(c2cccc(O)c2)n2nc(SCc3ccc([N+](=O)[O-])cc3)nc2N1. The molecular weight excluding hydrogens is 504 g/mol. The number of nitrogens with zero attached hydrogens (tertiary/aromatic N) is 4. The number of hydrogen-bond donors (Lipinski definition) is 3. The summed E-state index contributed by atoms with van der Waals surface area (Å²) in [5.74, 6) is 0.755. The highest BCUT2D eigenvalue weighted by molar-refractivity contribution is 7.98. The Bertz CT molecular complexity index is 1560. The van der Waals surface area contributed by atoms with Gasteiger partial charge in [-0.15, -0.1) is 5.10 Å². The summed E-state index contributed by atoms with van der Waals surface area (Å²) in [6.45, 7) is 3.73. The third kappa shape index (κ3) is 5.09. The number of anilines is 2. The molecule has 2 heterocycles. The Labute approximate surface area is 222 Å². The summed E-state index contributed by atoms with van der Waals surface area (Å²) in [5, 5.41) is 32.5. The normalized spacial score (nSPS) is 14.5. The summed E-state index contributed by atoms with van der Waals surface area (Å²) in [6.07, 6.45) is 0. The van der Waals surface area contributed by atoms with E-state index >= 15 is 0 Å². The maximum absolute atomic E-state index is 13.6. The van der Waals surface area contributed by atoms with E-state index in [0.29, 0.717) is 39.4 Å². The van der Waals surface area contributed by atoms with Crippen LogP contribution in [-0.2, 0) is 10.5 Å². The number of amides is 1. The number of aromatic nitrogens is 3. The Hall–Kier alpha value is -4.64. The van der Waals surface area contributed by atoms with Gasteiger partial charge in [-0.05, 0) is 48.7 Å². The Morgan fingerprint density at radius 2 is 1.89 bits per heavy atom. The minimum Gasteiger partial charge on any atom is -0.508 e. The fraction of sp³-hybridized carbons (Fsp3) is 0.148. The number of thioether (sulfide) groups is 1. The van der Waals surface area contributed by atoms with E-state index in [9.17, 15) is 20.0 Å². The zero-order valence-electron chi connectivity index (χ0n) is 20.6. The molecule has 1 aromatic heterocycles. The number of phenols is 1. The summed E-state index contributed by atoms with van der Waals surface area (Å²) in [4.78, 5) is 28.7. The van der Waals surface area contributed by atoms with Gasteiger partial charge in [-0.3, -0.25) is 14.9 Å². The van der Waals surface area contributed by atoms with Gasteiger partial charge in [-0.25, -0.2) is 4.68 Å². The summed E-state index contributed by atoms with van der Waals surface area (Å²) in [7, 11) is 0. The fourth-order valence-electron chi connectivity index (χ4n) is 4.25. The molecule has 192 valence electrons. The second kappa shape index (κ2) is 10.4. The van der Waals surface area contributed by atoms with Crippen LogP contribution in [0.5, 0.6) is 5.75 Å². The van der Waals surface area contributed by atoms with E-state index in [0.717, 1.165) is 11.1 Å². The fourth-order valence-corrected chi connectivity index (χ4v) is 5.04. The number of aromatic hydroxyl groups is 1. The van der Waals surface area contributed by atoms with Crippen molar-refractivity contribution in [3.05, 3.63) is 111 Å². The van der Waals surface area contributed by atoms with E-state index in [4.69, 9.17) is 5.10 Å². The molecule has 38 heavy (non-hydrogen) atoms. The number of aryl methyl sites for hydroxylation is 1. The third-order valence-electron chi connectivity index (χ3n) is 6.17. The van der Waals surface area contributed by atoms with Crippen LogP contribution in [0.15, 0.2) is 89.2 Å². The molecule has 3 N–H and O–H groups in total. The van der Waals surface area contributed by atoms with Crippen molar-refractivity contribution in [1.82, 2.24) is 14.8 Å². The molecule has 1 aliphatic rings. The first-order chi connectivity index (χ1) is 18.3. The van der Waals surface area contributed by atoms with Crippen LogP contribution in [0, 0.1) is 17.0 Å². The molecule has 0 saturated carbocycles. The van der Waals surface area contributed by atoms with Crippen LogP contribution < -0.4 is 10.6 Å². The van der Waals surface area contributed by atoms with Gasteiger partial charge in [0.1, 0.15) is 11.8 Å². The van der Waals surface area contributed by atoms with Crippen LogP contribution in [0.2, 0.25) is 0 Å². The zero-order valence-corrected chi connectivity index (χ0v) is 21.4. The van der Waals surface area contributed by atoms with E-state index in [1.54, 1.807) is 35.0 Å². The molecule has 0 aliphatic carbocycles. The number of phenolic OH excluding ortho intramolecular Hbond substituents is 1. The Kier molecular flexibility index (Phi) is 6.84. The molecule has 1 unspecified atom stereocenters. The van der Waals surface area contributed by atoms with Crippen LogP contribution in [0.25, 0.3) is 0 Å². The standard InChI is InChI=1S/C27H24N6O4S/c1-16-6-3-4-9-22(16)29-25(35)23-17(2)28-26-30-27(38-15-18-10-12-20(13-11-18)33(36)37)31-32(26)24(23)19-7-5-8-21(34)14-19/h3-14,24,34H,15H2,1-2H3,(H,29,35)(H,28,30,31). The van der Waals surface area contributed by atoms with Crippen LogP contribution >= 0.6 is 11.8 Å². The minimum absolute atomic E-state index is 0.0329. The first-order valence-electron chi connectivity index (χ1n) is 11.8. The number of non-ortho nitro benzene ring substituents is 1. The van der Waals surface area contributed by atoms with Crippen molar-refractivity contribution in [2.75, 3.05) is 10.6 Å². The third-order valence-corrected chi connectivity index (χ3v) is 7.08. The van der Waals surface area contributed by atoms with Gasteiger partial charge in [0.25, 0.3) is 11.6 Å². The molecule has 0 bridgehead atoms. The Morgan fingerprint density at radius 1 is 1.13 bits per heavy atom. The minimum atomic E-state index is -0.636. The monoisotopic (exact) mass is 528 g/mol. The van der Waals surface area contributed by atoms with Gasteiger partial charge < -0.3 is 15.7 Å². The number of carbonyl (C=O) groups excluding carboxylic acids is 1. The number of para-hydroxylation sites is 1. The van der Waals surface area contributed by atoms with Gasteiger partial charge in [0, 0.05) is 29.3 Å². The number of nitrogens with one attached hydrogen (secondary N) is 2. The van der Waals surface area contributed by atoms with E-state index in [1.165, 1.54) is 23.9 Å². The van der Waals surface area contributed by atoms with Gasteiger partial charge in [0.15, 0.2) is 0 Å². The molecule has 4 aromatic rings. The van der Waals surface area contributed by atoms with Gasteiger partial charge >= 0.3 is 0 Å². The maximum atomic E-state index is 13.6. The number of fused-ring (bicyclic) bond motifs is 1. The van der Waals surface area contributed by atoms with Crippen molar-refractivity contribution in [3.63, 3.8) is 0 Å². The van der Waals surface area contributed by atoms with Gasteiger partial charge in [-0.1, -0.05) is 54.2 Å². The lowest BCUT2D eigenvalue weighted by atomic mass is 9.94. The van der Waals surface area contributed by atoms with E-state index in [2.05, 4.69) is 15.6 Å².